The molecule has 150 valence electrons. The molecular formula is C22H29N3O3. The summed E-state index contributed by atoms with van der Waals surface area (Å²) in [6, 6.07) is 15.6. The van der Waals surface area contributed by atoms with Crippen LogP contribution in [-0.4, -0.2) is 38.9 Å². The number of nitrogens with zero attached hydrogens (tertiary/aromatic N) is 1. The number of para-hydroxylation sites is 2. The SMILES string of the molecule is CN=C(NCc1ccc(Oc2ccccc2OC)cc1)NCC1(C)CCCO1. The van der Waals surface area contributed by atoms with Crippen molar-refractivity contribution in [3.05, 3.63) is 54.1 Å². The van der Waals surface area contributed by atoms with E-state index in [4.69, 9.17) is 14.2 Å². The maximum Gasteiger partial charge on any atom is 0.191 e. The van der Waals surface area contributed by atoms with E-state index in [1.54, 1.807) is 14.2 Å². The van der Waals surface area contributed by atoms with E-state index in [0.29, 0.717) is 18.0 Å². The summed E-state index contributed by atoms with van der Waals surface area (Å²) in [7, 11) is 3.41. The van der Waals surface area contributed by atoms with E-state index < -0.39 is 0 Å². The highest BCUT2D eigenvalue weighted by Crippen LogP contribution is 2.30. The van der Waals surface area contributed by atoms with Gasteiger partial charge in [-0.15, -0.1) is 0 Å². The highest BCUT2D eigenvalue weighted by molar-refractivity contribution is 5.79. The van der Waals surface area contributed by atoms with Crippen LogP contribution in [0.5, 0.6) is 17.2 Å². The Morgan fingerprint density at radius 2 is 1.86 bits per heavy atom. The summed E-state index contributed by atoms with van der Waals surface area (Å²) in [4.78, 5) is 4.29. The molecule has 2 N–H and O–H groups in total. The second-order valence-electron chi connectivity index (χ2n) is 7.08. The van der Waals surface area contributed by atoms with Crippen LogP contribution in [0.1, 0.15) is 25.3 Å². The quantitative estimate of drug-likeness (QED) is 0.564. The van der Waals surface area contributed by atoms with E-state index in [0.717, 1.165) is 43.3 Å². The number of ether oxygens (including phenoxy) is 3. The zero-order valence-corrected chi connectivity index (χ0v) is 16.8. The van der Waals surface area contributed by atoms with E-state index in [1.807, 2.05) is 48.5 Å². The van der Waals surface area contributed by atoms with Crippen molar-refractivity contribution in [1.29, 1.82) is 0 Å². The van der Waals surface area contributed by atoms with Gasteiger partial charge in [0, 0.05) is 26.7 Å². The van der Waals surface area contributed by atoms with Crippen molar-refractivity contribution in [2.75, 3.05) is 27.3 Å². The topological polar surface area (TPSA) is 64.1 Å². The summed E-state index contributed by atoms with van der Waals surface area (Å²) in [5.41, 5.74) is 1.04. The molecule has 6 nitrogen and oxygen atoms in total. The number of aliphatic imine (C=N–C) groups is 1. The predicted molar refractivity (Wildman–Crippen MR) is 111 cm³/mol. The average Bonchev–Trinajstić information content (AvgIpc) is 3.16. The van der Waals surface area contributed by atoms with Gasteiger partial charge >= 0.3 is 0 Å². The number of hydrogen-bond donors (Lipinski definition) is 2. The Labute approximate surface area is 166 Å². The molecule has 0 amide bonds. The van der Waals surface area contributed by atoms with Crippen LogP contribution >= 0.6 is 0 Å². The molecule has 1 aliphatic rings. The molecule has 0 bridgehead atoms. The van der Waals surface area contributed by atoms with Crippen LogP contribution in [0.4, 0.5) is 0 Å². The van der Waals surface area contributed by atoms with Crippen molar-refractivity contribution in [3.63, 3.8) is 0 Å². The van der Waals surface area contributed by atoms with Gasteiger partial charge in [-0.2, -0.15) is 0 Å². The van der Waals surface area contributed by atoms with Crippen molar-refractivity contribution in [3.8, 4) is 17.2 Å². The molecule has 6 heteroatoms. The van der Waals surface area contributed by atoms with E-state index in [9.17, 15) is 0 Å². The lowest BCUT2D eigenvalue weighted by Crippen LogP contribution is -2.45. The van der Waals surface area contributed by atoms with Gasteiger partial charge in [0.25, 0.3) is 0 Å². The zero-order valence-electron chi connectivity index (χ0n) is 16.8. The fourth-order valence-electron chi connectivity index (χ4n) is 3.16. The molecular weight excluding hydrogens is 354 g/mol. The second kappa shape index (κ2) is 9.46. The largest absolute Gasteiger partial charge is 0.493 e. The maximum atomic E-state index is 5.91. The minimum Gasteiger partial charge on any atom is -0.493 e. The zero-order chi connectivity index (χ0) is 19.8. The fourth-order valence-corrected chi connectivity index (χ4v) is 3.16. The number of benzene rings is 2. The minimum absolute atomic E-state index is 0.102. The average molecular weight is 383 g/mol. The van der Waals surface area contributed by atoms with Crippen LogP contribution in [0.2, 0.25) is 0 Å². The summed E-state index contributed by atoms with van der Waals surface area (Å²) in [6.07, 6.45) is 2.19. The Morgan fingerprint density at radius 1 is 1.11 bits per heavy atom. The monoisotopic (exact) mass is 383 g/mol. The number of guanidine groups is 1. The Balaban J connectivity index is 1.50. The number of nitrogens with one attached hydrogen (secondary N) is 2. The molecule has 1 heterocycles. The smallest absolute Gasteiger partial charge is 0.191 e. The lowest BCUT2D eigenvalue weighted by Gasteiger charge is -2.24. The van der Waals surface area contributed by atoms with Crippen molar-refractivity contribution in [1.82, 2.24) is 10.6 Å². The number of rotatable bonds is 7. The summed E-state index contributed by atoms with van der Waals surface area (Å²) in [5, 5.41) is 6.69. The highest BCUT2D eigenvalue weighted by atomic mass is 16.5. The Bertz CT molecular complexity index is 784. The van der Waals surface area contributed by atoms with E-state index in [-0.39, 0.29) is 5.60 Å². The summed E-state index contributed by atoms with van der Waals surface area (Å²) >= 11 is 0. The van der Waals surface area contributed by atoms with Gasteiger partial charge < -0.3 is 24.8 Å². The van der Waals surface area contributed by atoms with Crippen LogP contribution in [0.25, 0.3) is 0 Å². The fraction of sp³-hybridized carbons (Fsp3) is 0.409. The molecule has 2 aromatic rings. The van der Waals surface area contributed by atoms with Gasteiger partial charge in [-0.3, -0.25) is 4.99 Å². The summed E-state index contributed by atoms with van der Waals surface area (Å²) < 4.78 is 17.0. The Hall–Kier alpha value is -2.73. The summed E-state index contributed by atoms with van der Waals surface area (Å²) in [6.45, 7) is 4.40. The third-order valence-electron chi connectivity index (χ3n) is 4.83. The van der Waals surface area contributed by atoms with Gasteiger partial charge in [0.15, 0.2) is 17.5 Å². The van der Waals surface area contributed by atoms with Crippen molar-refractivity contribution < 1.29 is 14.2 Å². The first-order chi connectivity index (χ1) is 13.6. The number of methoxy groups -OCH3 is 1. The molecule has 0 aliphatic carbocycles. The van der Waals surface area contributed by atoms with Crippen LogP contribution < -0.4 is 20.1 Å². The molecule has 0 radical (unpaired) electrons. The number of hydrogen-bond acceptors (Lipinski definition) is 4. The predicted octanol–water partition coefficient (Wildman–Crippen LogP) is 3.72. The van der Waals surface area contributed by atoms with Gasteiger partial charge in [0.2, 0.25) is 0 Å². The molecule has 1 fully saturated rings. The van der Waals surface area contributed by atoms with E-state index in [1.165, 1.54) is 0 Å². The normalized spacial score (nSPS) is 19.3. The van der Waals surface area contributed by atoms with Gasteiger partial charge in [-0.1, -0.05) is 24.3 Å². The molecule has 1 unspecified atom stereocenters. The van der Waals surface area contributed by atoms with Crippen molar-refractivity contribution >= 4 is 5.96 Å². The van der Waals surface area contributed by atoms with Crippen molar-refractivity contribution in [2.45, 2.75) is 31.9 Å². The minimum atomic E-state index is -0.102. The lowest BCUT2D eigenvalue weighted by atomic mass is 10.0. The van der Waals surface area contributed by atoms with E-state index in [2.05, 4.69) is 22.5 Å². The van der Waals surface area contributed by atoms with Crippen LogP contribution in [0.3, 0.4) is 0 Å². The standard InChI is InChI=1S/C22H29N3O3/c1-22(13-6-14-27-22)16-25-21(23-2)24-15-17-9-11-18(12-10-17)28-20-8-5-4-7-19(20)26-3/h4-5,7-12H,6,13-16H2,1-3H3,(H2,23,24,25). The Morgan fingerprint density at radius 3 is 2.50 bits per heavy atom. The maximum absolute atomic E-state index is 5.91. The first-order valence-electron chi connectivity index (χ1n) is 9.60. The van der Waals surface area contributed by atoms with Gasteiger partial charge in [0.05, 0.1) is 12.7 Å². The molecule has 28 heavy (non-hydrogen) atoms. The van der Waals surface area contributed by atoms with Crippen molar-refractivity contribution in [2.24, 2.45) is 4.99 Å². The third kappa shape index (κ3) is 5.39. The third-order valence-corrected chi connectivity index (χ3v) is 4.83. The molecule has 0 spiro atoms. The Kier molecular flexibility index (Phi) is 6.76. The van der Waals surface area contributed by atoms with Crippen LogP contribution in [0.15, 0.2) is 53.5 Å². The van der Waals surface area contributed by atoms with Gasteiger partial charge in [-0.05, 0) is 49.6 Å². The second-order valence-corrected chi connectivity index (χ2v) is 7.08. The molecule has 0 saturated carbocycles. The van der Waals surface area contributed by atoms with Gasteiger partial charge in [0.1, 0.15) is 5.75 Å². The molecule has 2 aromatic carbocycles. The summed E-state index contributed by atoms with van der Waals surface area (Å²) in [5.74, 6) is 2.94. The molecule has 3 rings (SSSR count). The van der Waals surface area contributed by atoms with Gasteiger partial charge in [-0.25, -0.2) is 0 Å². The lowest BCUT2D eigenvalue weighted by molar-refractivity contribution is 0.0243. The first kappa shape index (κ1) is 20.0. The van der Waals surface area contributed by atoms with Crippen LogP contribution in [0, 0.1) is 0 Å². The first-order valence-corrected chi connectivity index (χ1v) is 9.60. The van der Waals surface area contributed by atoms with Crippen LogP contribution in [-0.2, 0) is 11.3 Å². The molecule has 1 aliphatic heterocycles. The molecule has 0 aromatic heterocycles. The molecule has 1 atom stereocenters. The molecule has 1 saturated heterocycles. The van der Waals surface area contributed by atoms with E-state index >= 15 is 0 Å². The highest BCUT2D eigenvalue weighted by Gasteiger charge is 2.29.